The molecule has 2 aromatic rings. The summed E-state index contributed by atoms with van der Waals surface area (Å²) in [5.41, 5.74) is 3.91. The number of carbonyl (C=O) groups excluding carboxylic acids is 2. The number of anilines is 1. The van der Waals surface area contributed by atoms with E-state index >= 15 is 0 Å². The Bertz CT molecular complexity index is 840. The van der Waals surface area contributed by atoms with Crippen LogP contribution in [-0.4, -0.2) is 17.6 Å². The third kappa shape index (κ3) is 2.78. The van der Waals surface area contributed by atoms with Gasteiger partial charge in [0, 0.05) is 0 Å². The number of benzene rings is 2. The summed E-state index contributed by atoms with van der Waals surface area (Å²) in [6.45, 7) is 5.86. The summed E-state index contributed by atoms with van der Waals surface area (Å²) in [6, 6.07) is 15.2. The molecule has 0 atom stereocenters. The van der Waals surface area contributed by atoms with Crippen LogP contribution < -0.4 is 4.90 Å². The highest BCUT2D eigenvalue weighted by atomic mass is 32.2. The van der Waals surface area contributed by atoms with Gasteiger partial charge in [0.05, 0.1) is 16.2 Å². The fourth-order valence-corrected chi connectivity index (χ4v) is 3.68. The van der Waals surface area contributed by atoms with Crippen molar-refractivity contribution < 1.29 is 9.59 Å². The largest absolute Gasteiger partial charge is 0.272 e. The van der Waals surface area contributed by atoms with Crippen molar-refractivity contribution in [1.29, 1.82) is 0 Å². The number of nitrogens with zero attached hydrogens (tertiary/aromatic N) is 1. The molecule has 0 spiro atoms. The fraction of sp³-hybridized carbons (Fsp3) is 0.200. The summed E-state index contributed by atoms with van der Waals surface area (Å²) in [5, 5.41) is 0. The molecule has 0 aliphatic carbocycles. The fourth-order valence-electron chi connectivity index (χ4n) is 2.83. The summed E-state index contributed by atoms with van der Waals surface area (Å²) < 4.78 is 0. The summed E-state index contributed by atoms with van der Waals surface area (Å²) >= 11 is 1.43. The minimum Gasteiger partial charge on any atom is -0.268 e. The van der Waals surface area contributed by atoms with Crippen LogP contribution in [0.4, 0.5) is 5.69 Å². The van der Waals surface area contributed by atoms with E-state index in [9.17, 15) is 9.59 Å². The Morgan fingerprint density at radius 2 is 1.67 bits per heavy atom. The van der Waals surface area contributed by atoms with E-state index in [1.165, 1.54) is 16.7 Å². The molecule has 0 saturated heterocycles. The van der Waals surface area contributed by atoms with Gasteiger partial charge in [-0.25, -0.2) is 4.90 Å². The average molecular weight is 337 g/mol. The van der Waals surface area contributed by atoms with Crippen molar-refractivity contribution in [2.75, 3.05) is 10.7 Å². The van der Waals surface area contributed by atoms with Crippen molar-refractivity contribution in [3.8, 4) is 0 Å². The third-order valence-electron chi connectivity index (χ3n) is 4.00. The van der Waals surface area contributed by atoms with E-state index in [1.54, 1.807) is 0 Å². The first-order chi connectivity index (χ1) is 11.5. The van der Waals surface area contributed by atoms with Gasteiger partial charge >= 0.3 is 0 Å². The molecule has 2 aromatic carbocycles. The first-order valence-corrected chi connectivity index (χ1v) is 8.91. The lowest BCUT2D eigenvalue weighted by atomic mass is 10.1. The maximum Gasteiger partial charge on any atom is 0.272 e. The predicted octanol–water partition coefficient (Wildman–Crippen LogP) is 4.34. The summed E-state index contributed by atoms with van der Waals surface area (Å²) in [7, 11) is 0. The molecule has 0 fully saturated rings. The number of hydrogen-bond donors (Lipinski definition) is 0. The SMILES string of the molecule is CCSC1=C(c2ccccc2)C(=O)N(c2cc(C)ccc2C)C1=O. The standard InChI is InChI=1S/C20H19NO2S/c1-4-24-18-17(15-8-6-5-7-9-15)19(22)21(20(18)23)16-12-13(2)10-11-14(16)3/h5-12H,4H2,1-3H3. The summed E-state index contributed by atoms with van der Waals surface area (Å²) in [6.07, 6.45) is 0. The molecule has 24 heavy (non-hydrogen) atoms. The molecule has 4 heteroatoms. The van der Waals surface area contributed by atoms with Crippen molar-refractivity contribution in [2.24, 2.45) is 0 Å². The highest BCUT2D eigenvalue weighted by Crippen LogP contribution is 2.39. The van der Waals surface area contributed by atoms with Gasteiger partial charge in [-0.3, -0.25) is 9.59 Å². The quantitative estimate of drug-likeness (QED) is 0.779. The van der Waals surface area contributed by atoms with Crippen LogP contribution in [0.15, 0.2) is 53.4 Å². The maximum atomic E-state index is 13.1. The minimum atomic E-state index is -0.240. The molecule has 0 bridgehead atoms. The van der Waals surface area contributed by atoms with Crippen LogP contribution in [0.5, 0.6) is 0 Å². The molecule has 0 saturated carbocycles. The summed E-state index contributed by atoms with van der Waals surface area (Å²) in [5.74, 6) is 0.279. The van der Waals surface area contributed by atoms with Crippen molar-refractivity contribution in [3.05, 3.63) is 70.1 Å². The van der Waals surface area contributed by atoms with E-state index in [2.05, 4.69) is 0 Å². The van der Waals surface area contributed by atoms with Gasteiger partial charge in [0.15, 0.2) is 0 Å². The molecule has 2 amide bonds. The number of thioether (sulfide) groups is 1. The Labute approximate surface area is 146 Å². The number of carbonyl (C=O) groups is 2. The zero-order valence-corrected chi connectivity index (χ0v) is 14.8. The topological polar surface area (TPSA) is 37.4 Å². The maximum absolute atomic E-state index is 13.1. The molecule has 1 heterocycles. The van der Waals surface area contributed by atoms with Crippen LogP contribution >= 0.6 is 11.8 Å². The van der Waals surface area contributed by atoms with Crippen LogP contribution in [0.25, 0.3) is 5.57 Å². The zero-order chi connectivity index (χ0) is 17.3. The third-order valence-corrected chi connectivity index (χ3v) is 4.95. The second-order valence-corrected chi connectivity index (χ2v) is 7.01. The number of aryl methyl sites for hydroxylation is 2. The highest BCUT2D eigenvalue weighted by Gasteiger charge is 2.40. The van der Waals surface area contributed by atoms with E-state index in [0.717, 1.165) is 22.4 Å². The molecule has 1 aliphatic heterocycles. The highest BCUT2D eigenvalue weighted by molar-refractivity contribution is 8.04. The van der Waals surface area contributed by atoms with Crippen molar-refractivity contribution in [3.63, 3.8) is 0 Å². The Morgan fingerprint density at radius 1 is 0.958 bits per heavy atom. The lowest BCUT2D eigenvalue weighted by Crippen LogP contribution is -2.32. The molecule has 0 radical (unpaired) electrons. The van der Waals surface area contributed by atoms with Crippen molar-refractivity contribution in [1.82, 2.24) is 0 Å². The van der Waals surface area contributed by atoms with Crippen molar-refractivity contribution in [2.45, 2.75) is 20.8 Å². The number of imide groups is 1. The molecule has 0 aromatic heterocycles. The molecule has 0 N–H and O–H groups in total. The first kappa shape index (κ1) is 16.5. The smallest absolute Gasteiger partial charge is 0.268 e. The van der Waals surface area contributed by atoms with Crippen LogP contribution in [0.2, 0.25) is 0 Å². The van der Waals surface area contributed by atoms with Gasteiger partial charge in [-0.2, -0.15) is 0 Å². The van der Waals surface area contributed by atoms with Crippen LogP contribution in [0.1, 0.15) is 23.6 Å². The van der Waals surface area contributed by atoms with E-state index in [4.69, 9.17) is 0 Å². The number of amides is 2. The second kappa shape index (κ2) is 6.65. The van der Waals surface area contributed by atoms with Gasteiger partial charge in [-0.15, -0.1) is 11.8 Å². The monoisotopic (exact) mass is 337 g/mol. The number of rotatable bonds is 4. The molecular formula is C20H19NO2S. The molecule has 1 aliphatic rings. The molecule has 0 unspecified atom stereocenters. The lowest BCUT2D eigenvalue weighted by molar-refractivity contribution is -0.119. The van der Waals surface area contributed by atoms with Gasteiger partial charge in [0.2, 0.25) is 0 Å². The minimum absolute atomic E-state index is 0.223. The Hall–Kier alpha value is -2.33. The molecule has 3 rings (SSSR count). The molecular weight excluding hydrogens is 318 g/mol. The van der Waals surface area contributed by atoms with Crippen LogP contribution in [0.3, 0.4) is 0 Å². The van der Waals surface area contributed by atoms with E-state index < -0.39 is 0 Å². The molecule has 122 valence electrons. The lowest BCUT2D eigenvalue weighted by Gasteiger charge is -2.18. The normalized spacial score (nSPS) is 14.7. The van der Waals surface area contributed by atoms with Gasteiger partial charge in [-0.1, -0.05) is 49.4 Å². The average Bonchev–Trinajstić information content (AvgIpc) is 2.82. The predicted molar refractivity (Wildman–Crippen MR) is 99.9 cm³/mol. The van der Waals surface area contributed by atoms with Gasteiger partial charge in [0.25, 0.3) is 11.8 Å². The van der Waals surface area contributed by atoms with Crippen LogP contribution in [0, 0.1) is 13.8 Å². The molecule has 3 nitrogen and oxygen atoms in total. The summed E-state index contributed by atoms with van der Waals surface area (Å²) in [4.78, 5) is 27.9. The Kier molecular flexibility index (Phi) is 4.58. The zero-order valence-electron chi connectivity index (χ0n) is 14.0. The Balaban J connectivity index is 2.13. The number of hydrogen-bond acceptors (Lipinski definition) is 3. The van der Waals surface area contributed by atoms with Gasteiger partial charge < -0.3 is 0 Å². The van der Waals surface area contributed by atoms with Gasteiger partial charge in [0.1, 0.15) is 0 Å². The second-order valence-electron chi connectivity index (χ2n) is 5.74. The van der Waals surface area contributed by atoms with Crippen LogP contribution in [-0.2, 0) is 9.59 Å². The Morgan fingerprint density at radius 3 is 2.33 bits per heavy atom. The van der Waals surface area contributed by atoms with E-state index in [0.29, 0.717) is 16.2 Å². The van der Waals surface area contributed by atoms with Crippen molar-refractivity contribution >= 4 is 34.8 Å². The first-order valence-electron chi connectivity index (χ1n) is 7.93. The van der Waals surface area contributed by atoms with Gasteiger partial charge in [-0.05, 0) is 42.4 Å². The van der Waals surface area contributed by atoms with E-state index in [-0.39, 0.29) is 11.8 Å². The van der Waals surface area contributed by atoms with E-state index in [1.807, 2.05) is 69.3 Å².